The zero-order valence-electron chi connectivity index (χ0n) is 11.2. The second-order valence-electron chi connectivity index (χ2n) is 5.58. The summed E-state index contributed by atoms with van der Waals surface area (Å²) in [4.78, 5) is 14.6. The minimum atomic E-state index is -0.792. The highest BCUT2D eigenvalue weighted by Crippen LogP contribution is 2.44. The van der Waals surface area contributed by atoms with Crippen LogP contribution in [0.5, 0.6) is 0 Å². The maximum Gasteiger partial charge on any atom is 0.236 e. The van der Waals surface area contributed by atoms with Gasteiger partial charge in [0, 0.05) is 19.2 Å². The standard InChI is InChI=1S/C13H23N3O3/c14-11(15-19)13(6-3-7-13)12(18)16-8-2-1-4-10(16)5-9-17/h10,17,19H,1-9H2,(H2,14,15). The van der Waals surface area contributed by atoms with Crippen molar-refractivity contribution < 1.29 is 15.1 Å². The van der Waals surface area contributed by atoms with Gasteiger partial charge in [-0.1, -0.05) is 11.6 Å². The molecule has 19 heavy (non-hydrogen) atoms. The second kappa shape index (κ2) is 5.77. The van der Waals surface area contributed by atoms with E-state index in [9.17, 15) is 4.79 Å². The molecule has 1 atom stereocenters. The van der Waals surface area contributed by atoms with Crippen LogP contribution in [-0.2, 0) is 4.79 Å². The Morgan fingerprint density at radius 2 is 2.11 bits per heavy atom. The number of aliphatic hydroxyl groups excluding tert-OH is 1. The molecule has 6 heteroatoms. The molecule has 1 saturated heterocycles. The molecule has 2 fully saturated rings. The number of amidine groups is 1. The first-order chi connectivity index (χ1) is 9.15. The van der Waals surface area contributed by atoms with E-state index in [0.717, 1.165) is 25.7 Å². The van der Waals surface area contributed by atoms with E-state index in [2.05, 4.69) is 5.16 Å². The van der Waals surface area contributed by atoms with Crippen LogP contribution in [0.3, 0.4) is 0 Å². The van der Waals surface area contributed by atoms with E-state index in [-0.39, 0.29) is 24.4 Å². The third kappa shape index (κ3) is 2.41. The molecule has 2 aliphatic rings. The first-order valence-corrected chi connectivity index (χ1v) is 7.05. The highest BCUT2D eigenvalue weighted by molar-refractivity contribution is 6.07. The lowest BCUT2D eigenvalue weighted by atomic mass is 9.66. The minimum absolute atomic E-state index is 0.0211. The number of nitrogens with two attached hydrogens (primary N) is 1. The number of carbonyl (C=O) groups is 1. The van der Waals surface area contributed by atoms with Crippen LogP contribution in [0.1, 0.15) is 44.9 Å². The minimum Gasteiger partial charge on any atom is -0.409 e. The summed E-state index contributed by atoms with van der Waals surface area (Å²) in [7, 11) is 0. The maximum atomic E-state index is 12.8. The quantitative estimate of drug-likeness (QED) is 0.302. The number of piperidine rings is 1. The van der Waals surface area contributed by atoms with Gasteiger partial charge in [0.25, 0.3) is 0 Å². The van der Waals surface area contributed by atoms with Crippen molar-refractivity contribution in [1.82, 2.24) is 4.90 Å². The molecular formula is C13H23N3O3. The average Bonchev–Trinajstić information content (AvgIpc) is 2.38. The summed E-state index contributed by atoms with van der Waals surface area (Å²) in [5, 5.41) is 21.1. The average molecular weight is 269 g/mol. The number of carbonyl (C=O) groups excluding carboxylic acids is 1. The lowest BCUT2D eigenvalue weighted by molar-refractivity contribution is -0.146. The maximum absolute atomic E-state index is 12.8. The zero-order chi connectivity index (χ0) is 13.9. The fourth-order valence-electron chi connectivity index (χ4n) is 3.20. The van der Waals surface area contributed by atoms with Crippen LogP contribution < -0.4 is 5.73 Å². The van der Waals surface area contributed by atoms with E-state index in [1.54, 1.807) is 0 Å². The van der Waals surface area contributed by atoms with E-state index < -0.39 is 5.41 Å². The van der Waals surface area contributed by atoms with Crippen LogP contribution in [0.15, 0.2) is 5.16 Å². The van der Waals surface area contributed by atoms with Crippen molar-refractivity contribution in [3.63, 3.8) is 0 Å². The molecule has 1 saturated carbocycles. The molecule has 1 unspecified atom stereocenters. The molecule has 0 aromatic carbocycles. The van der Waals surface area contributed by atoms with Gasteiger partial charge in [0.2, 0.25) is 5.91 Å². The highest BCUT2D eigenvalue weighted by Gasteiger charge is 2.51. The van der Waals surface area contributed by atoms with Crippen molar-refractivity contribution in [3.05, 3.63) is 0 Å². The van der Waals surface area contributed by atoms with Crippen molar-refractivity contribution >= 4 is 11.7 Å². The lowest BCUT2D eigenvalue weighted by Gasteiger charge is -2.46. The normalized spacial score (nSPS) is 26.9. The molecule has 0 spiro atoms. The Balaban J connectivity index is 2.16. The van der Waals surface area contributed by atoms with Gasteiger partial charge in [-0.3, -0.25) is 4.79 Å². The van der Waals surface area contributed by atoms with Gasteiger partial charge in [0.05, 0.1) is 0 Å². The molecule has 1 aliphatic carbocycles. The smallest absolute Gasteiger partial charge is 0.236 e. The molecule has 4 N–H and O–H groups in total. The molecule has 0 aromatic rings. The zero-order valence-corrected chi connectivity index (χ0v) is 11.2. The van der Waals surface area contributed by atoms with Crippen LogP contribution in [0.4, 0.5) is 0 Å². The number of amides is 1. The van der Waals surface area contributed by atoms with Crippen LogP contribution in [0, 0.1) is 5.41 Å². The summed E-state index contributed by atoms with van der Waals surface area (Å²) in [5.74, 6) is 0.0178. The molecule has 0 aromatic heterocycles. The van der Waals surface area contributed by atoms with E-state index >= 15 is 0 Å². The summed E-state index contributed by atoms with van der Waals surface area (Å²) in [5.41, 5.74) is 4.95. The van der Waals surface area contributed by atoms with E-state index in [0.29, 0.717) is 25.8 Å². The Morgan fingerprint density at radius 1 is 1.37 bits per heavy atom. The van der Waals surface area contributed by atoms with Crippen LogP contribution in [-0.4, -0.2) is 46.1 Å². The molecule has 0 radical (unpaired) electrons. The number of oxime groups is 1. The van der Waals surface area contributed by atoms with Crippen LogP contribution >= 0.6 is 0 Å². The van der Waals surface area contributed by atoms with Crippen molar-refractivity contribution in [1.29, 1.82) is 0 Å². The Bertz CT molecular complexity index is 364. The largest absolute Gasteiger partial charge is 0.409 e. The van der Waals surface area contributed by atoms with Gasteiger partial charge < -0.3 is 20.9 Å². The topological polar surface area (TPSA) is 99.2 Å². The van der Waals surface area contributed by atoms with E-state index in [4.69, 9.17) is 16.0 Å². The Labute approximate surface area is 113 Å². The number of rotatable bonds is 4. The second-order valence-corrected chi connectivity index (χ2v) is 5.58. The number of hydrogen-bond acceptors (Lipinski definition) is 4. The van der Waals surface area contributed by atoms with Crippen molar-refractivity contribution in [3.8, 4) is 0 Å². The van der Waals surface area contributed by atoms with E-state index in [1.165, 1.54) is 0 Å². The van der Waals surface area contributed by atoms with Crippen LogP contribution in [0.2, 0.25) is 0 Å². The predicted octanol–water partition coefficient (Wildman–Crippen LogP) is 0.667. The first-order valence-electron chi connectivity index (χ1n) is 7.05. The van der Waals surface area contributed by atoms with Gasteiger partial charge in [0.1, 0.15) is 5.41 Å². The molecule has 6 nitrogen and oxygen atoms in total. The fraction of sp³-hybridized carbons (Fsp3) is 0.846. The van der Waals surface area contributed by atoms with Crippen LogP contribution in [0.25, 0.3) is 0 Å². The van der Waals surface area contributed by atoms with Gasteiger partial charge in [-0.05, 0) is 38.5 Å². The molecule has 2 rings (SSSR count). The Morgan fingerprint density at radius 3 is 2.63 bits per heavy atom. The Kier molecular flexibility index (Phi) is 4.29. The number of aliphatic hydroxyl groups is 1. The van der Waals surface area contributed by atoms with Crippen molar-refractivity contribution in [2.24, 2.45) is 16.3 Å². The molecule has 108 valence electrons. The predicted molar refractivity (Wildman–Crippen MR) is 70.7 cm³/mol. The Hall–Kier alpha value is -1.30. The summed E-state index contributed by atoms with van der Waals surface area (Å²) in [6, 6.07) is 0.0928. The number of likely N-dealkylation sites (tertiary alicyclic amines) is 1. The summed E-state index contributed by atoms with van der Waals surface area (Å²) in [6.07, 6.45) is 5.86. The molecule has 1 heterocycles. The first kappa shape index (κ1) is 14.1. The highest BCUT2D eigenvalue weighted by atomic mass is 16.4. The van der Waals surface area contributed by atoms with Gasteiger partial charge in [-0.15, -0.1) is 0 Å². The molecule has 1 aliphatic heterocycles. The lowest BCUT2D eigenvalue weighted by Crippen LogP contribution is -2.58. The van der Waals surface area contributed by atoms with E-state index in [1.807, 2.05) is 4.90 Å². The van der Waals surface area contributed by atoms with Gasteiger partial charge in [0.15, 0.2) is 5.84 Å². The van der Waals surface area contributed by atoms with Crippen molar-refractivity contribution in [2.75, 3.05) is 13.2 Å². The molecule has 1 amide bonds. The molecule has 0 bridgehead atoms. The third-order valence-electron chi connectivity index (χ3n) is 4.56. The summed E-state index contributed by atoms with van der Waals surface area (Å²) >= 11 is 0. The third-order valence-corrected chi connectivity index (χ3v) is 4.56. The number of hydrogen-bond donors (Lipinski definition) is 3. The number of nitrogens with zero attached hydrogens (tertiary/aromatic N) is 2. The van der Waals surface area contributed by atoms with Crippen molar-refractivity contribution in [2.45, 2.75) is 51.0 Å². The fourth-order valence-corrected chi connectivity index (χ4v) is 3.20. The van der Waals surface area contributed by atoms with Gasteiger partial charge >= 0.3 is 0 Å². The van der Waals surface area contributed by atoms with Gasteiger partial charge in [-0.2, -0.15) is 0 Å². The SMILES string of the molecule is NC(=NO)C1(C(=O)N2CCCCC2CCO)CCC1. The molecular weight excluding hydrogens is 246 g/mol. The summed E-state index contributed by atoms with van der Waals surface area (Å²) < 4.78 is 0. The summed E-state index contributed by atoms with van der Waals surface area (Å²) in [6.45, 7) is 0.801. The monoisotopic (exact) mass is 269 g/mol. The van der Waals surface area contributed by atoms with Gasteiger partial charge in [-0.25, -0.2) is 0 Å².